The van der Waals surface area contributed by atoms with E-state index in [2.05, 4.69) is 4.98 Å². The number of nitrogens with two attached hydrogens (primary N) is 1. The molecule has 0 atom stereocenters. The predicted octanol–water partition coefficient (Wildman–Crippen LogP) is 2.44. The molecular weight excluding hydrogens is 198 g/mol. The second kappa shape index (κ2) is 3.98. The second-order valence-electron chi connectivity index (χ2n) is 2.60. The summed E-state index contributed by atoms with van der Waals surface area (Å²) in [7, 11) is 0. The van der Waals surface area contributed by atoms with Crippen molar-refractivity contribution in [1.82, 2.24) is 4.98 Å². The number of hydrogen-bond donors (Lipinski definition) is 1. The number of alkyl halides is 2. The zero-order valence-corrected chi connectivity index (χ0v) is 7.78. The molecule has 2 nitrogen and oxygen atoms in total. The molecule has 1 rings (SSSR count). The first-order chi connectivity index (χ1) is 6.06. The molecule has 0 saturated carbocycles. The SMILES string of the molecule is Cc1nc(C(F)F)c(Cl)cc1CN. The van der Waals surface area contributed by atoms with Gasteiger partial charge in [-0.15, -0.1) is 0 Å². The fourth-order valence-corrected chi connectivity index (χ4v) is 1.25. The van der Waals surface area contributed by atoms with Crippen molar-refractivity contribution in [3.63, 3.8) is 0 Å². The van der Waals surface area contributed by atoms with Gasteiger partial charge in [-0.05, 0) is 18.6 Å². The zero-order chi connectivity index (χ0) is 10.0. The summed E-state index contributed by atoms with van der Waals surface area (Å²) in [5.41, 5.74) is 6.17. The van der Waals surface area contributed by atoms with Gasteiger partial charge in [-0.1, -0.05) is 11.6 Å². The van der Waals surface area contributed by atoms with E-state index < -0.39 is 6.43 Å². The normalized spacial score (nSPS) is 10.9. The Morgan fingerprint density at radius 1 is 1.62 bits per heavy atom. The number of nitrogens with zero attached hydrogens (tertiary/aromatic N) is 1. The summed E-state index contributed by atoms with van der Waals surface area (Å²) >= 11 is 5.58. The van der Waals surface area contributed by atoms with Gasteiger partial charge in [-0.25, -0.2) is 8.78 Å². The van der Waals surface area contributed by atoms with Gasteiger partial charge in [0.15, 0.2) is 0 Å². The van der Waals surface area contributed by atoms with Crippen LogP contribution >= 0.6 is 11.6 Å². The summed E-state index contributed by atoms with van der Waals surface area (Å²) in [5.74, 6) is 0. The van der Waals surface area contributed by atoms with Gasteiger partial charge in [0.1, 0.15) is 5.69 Å². The molecule has 0 unspecified atom stereocenters. The number of aromatic nitrogens is 1. The third-order valence-corrected chi connectivity index (χ3v) is 2.03. The van der Waals surface area contributed by atoms with Crippen LogP contribution in [0, 0.1) is 6.92 Å². The number of aryl methyl sites for hydroxylation is 1. The van der Waals surface area contributed by atoms with E-state index in [1.165, 1.54) is 6.07 Å². The lowest BCUT2D eigenvalue weighted by molar-refractivity contribution is 0.146. The largest absolute Gasteiger partial charge is 0.326 e. The van der Waals surface area contributed by atoms with Crippen LogP contribution in [0.2, 0.25) is 5.02 Å². The Morgan fingerprint density at radius 2 is 2.23 bits per heavy atom. The highest BCUT2D eigenvalue weighted by Crippen LogP contribution is 2.26. The van der Waals surface area contributed by atoms with E-state index in [-0.39, 0.29) is 17.3 Å². The van der Waals surface area contributed by atoms with Crippen LogP contribution in [0.25, 0.3) is 0 Å². The first-order valence-corrected chi connectivity index (χ1v) is 4.08. The molecule has 0 aliphatic rings. The molecule has 0 amide bonds. The molecule has 0 aliphatic heterocycles. The highest BCUT2D eigenvalue weighted by Gasteiger charge is 2.15. The lowest BCUT2D eigenvalue weighted by Crippen LogP contribution is -2.04. The third-order valence-electron chi connectivity index (χ3n) is 1.73. The van der Waals surface area contributed by atoms with Gasteiger partial charge in [-0.2, -0.15) is 0 Å². The minimum atomic E-state index is -2.64. The summed E-state index contributed by atoms with van der Waals surface area (Å²) in [6, 6.07) is 1.44. The van der Waals surface area contributed by atoms with Gasteiger partial charge in [0.25, 0.3) is 6.43 Å². The van der Waals surface area contributed by atoms with E-state index in [1.807, 2.05) is 0 Å². The van der Waals surface area contributed by atoms with E-state index in [4.69, 9.17) is 17.3 Å². The van der Waals surface area contributed by atoms with Crippen molar-refractivity contribution in [3.05, 3.63) is 28.0 Å². The third kappa shape index (κ3) is 2.14. The molecule has 13 heavy (non-hydrogen) atoms. The van der Waals surface area contributed by atoms with Crippen LogP contribution in [-0.2, 0) is 6.54 Å². The van der Waals surface area contributed by atoms with Crippen molar-refractivity contribution >= 4 is 11.6 Å². The molecule has 2 N–H and O–H groups in total. The van der Waals surface area contributed by atoms with Gasteiger partial charge in [0.2, 0.25) is 0 Å². The van der Waals surface area contributed by atoms with Gasteiger partial charge >= 0.3 is 0 Å². The average Bonchev–Trinajstić information content (AvgIpc) is 2.07. The molecule has 1 aromatic rings. The maximum atomic E-state index is 12.3. The van der Waals surface area contributed by atoms with Gasteiger partial charge < -0.3 is 5.73 Å². The Morgan fingerprint density at radius 3 is 2.69 bits per heavy atom. The topological polar surface area (TPSA) is 38.9 Å². The second-order valence-corrected chi connectivity index (χ2v) is 3.01. The number of pyridine rings is 1. The molecule has 0 aliphatic carbocycles. The number of rotatable bonds is 2. The summed E-state index contributed by atoms with van der Waals surface area (Å²) in [5, 5.41) is -0.0268. The minimum Gasteiger partial charge on any atom is -0.326 e. The van der Waals surface area contributed by atoms with E-state index >= 15 is 0 Å². The molecule has 0 saturated heterocycles. The fourth-order valence-electron chi connectivity index (χ4n) is 0.997. The summed E-state index contributed by atoms with van der Waals surface area (Å²) in [4.78, 5) is 3.68. The molecular formula is C8H9ClF2N2. The molecule has 0 radical (unpaired) electrons. The summed E-state index contributed by atoms with van der Waals surface area (Å²) < 4.78 is 24.5. The molecule has 0 aromatic carbocycles. The number of hydrogen-bond acceptors (Lipinski definition) is 2. The Hall–Kier alpha value is -0.740. The summed E-state index contributed by atoms with van der Waals surface area (Å²) in [6.07, 6.45) is -2.64. The Bertz CT molecular complexity index is 315. The van der Waals surface area contributed by atoms with E-state index in [0.717, 1.165) is 0 Å². The van der Waals surface area contributed by atoms with E-state index in [1.54, 1.807) is 6.92 Å². The quantitative estimate of drug-likeness (QED) is 0.807. The Balaban J connectivity index is 3.20. The maximum Gasteiger partial charge on any atom is 0.281 e. The van der Waals surface area contributed by atoms with Crippen LogP contribution in [0.4, 0.5) is 8.78 Å². The maximum absolute atomic E-state index is 12.3. The van der Waals surface area contributed by atoms with Crippen LogP contribution in [0.1, 0.15) is 23.4 Å². The minimum absolute atomic E-state index is 0.0268. The fraction of sp³-hybridized carbons (Fsp3) is 0.375. The zero-order valence-electron chi connectivity index (χ0n) is 7.02. The smallest absolute Gasteiger partial charge is 0.281 e. The Kier molecular flexibility index (Phi) is 3.17. The van der Waals surface area contributed by atoms with Crippen LogP contribution < -0.4 is 5.73 Å². The van der Waals surface area contributed by atoms with Gasteiger partial charge in [0, 0.05) is 12.2 Å². The van der Waals surface area contributed by atoms with Crippen molar-refractivity contribution in [3.8, 4) is 0 Å². The summed E-state index contributed by atoms with van der Waals surface area (Å²) in [6.45, 7) is 1.88. The van der Waals surface area contributed by atoms with Crippen molar-refractivity contribution < 1.29 is 8.78 Å². The van der Waals surface area contributed by atoms with Crippen LogP contribution in [0.5, 0.6) is 0 Å². The lowest BCUT2D eigenvalue weighted by Gasteiger charge is -2.07. The van der Waals surface area contributed by atoms with Crippen molar-refractivity contribution in [2.24, 2.45) is 5.73 Å². The standard InChI is InChI=1S/C8H9ClF2N2/c1-4-5(3-12)2-6(9)7(13-4)8(10)11/h2,8H,3,12H2,1H3. The first kappa shape index (κ1) is 10.3. The number of halogens is 3. The van der Waals surface area contributed by atoms with Crippen LogP contribution in [-0.4, -0.2) is 4.98 Å². The molecule has 1 heterocycles. The predicted molar refractivity (Wildman–Crippen MR) is 46.8 cm³/mol. The molecule has 5 heteroatoms. The van der Waals surface area contributed by atoms with E-state index in [0.29, 0.717) is 11.3 Å². The average molecular weight is 207 g/mol. The van der Waals surface area contributed by atoms with Crippen molar-refractivity contribution in [2.75, 3.05) is 0 Å². The van der Waals surface area contributed by atoms with Crippen molar-refractivity contribution in [2.45, 2.75) is 19.9 Å². The van der Waals surface area contributed by atoms with Crippen LogP contribution in [0.15, 0.2) is 6.07 Å². The van der Waals surface area contributed by atoms with E-state index in [9.17, 15) is 8.78 Å². The molecule has 1 aromatic heterocycles. The molecule has 0 fully saturated rings. The first-order valence-electron chi connectivity index (χ1n) is 3.70. The molecule has 72 valence electrons. The van der Waals surface area contributed by atoms with Gasteiger partial charge in [-0.3, -0.25) is 4.98 Å². The highest BCUT2D eigenvalue weighted by atomic mass is 35.5. The molecule has 0 bridgehead atoms. The van der Waals surface area contributed by atoms with Crippen LogP contribution in [0.3, 0.4) is 0 Å². The highest BCUT2D eigenvalue weighted by molar-refractivity contribution is 6.31. The Labute approximate surface area is 79.7 Å². The van der Waals surface area contributed by atoms with Gasteiger partial charge in [0.05, 0.1) is 5.02 Å². The lowest BCUT2D eigenvalue weighted by atomic mass is 10.2. The van der Waals surface area contributed by atoms with Crippen molar-refractivity contribution in [1.29, 1.82) is 0 Å². The molecule has 0 spiro atoms. The monoisotopic (exact) mass is 206 g/mol.